The third-order valence-corrected chi connectivity index (χ3v) is 3.84. The lowest BCUT2D eigenvalue weighted by molar-refractivity contribution is 0.111. The van der Waals surface area contributed by atoms with E-state index in [0.717, 1.165) is 25.1 Å². The van der Waals surface area contributed by atoms with Crippen LogP contribution in [0.5, 0.6) is 0 Å². The number of hydrogen-bond donors (Lipinski definition) is 1. The minimum absolute atomic E-state index is 0.0752. The predicted octanol–water partition coefficient (Wildman–Crippen LogP) is 2.32. The summed E-state index contributed by atoms with van der Waals surface area (Å²) in [6.07, 6.45) is 8.16. The molecule has 1 N–H and O–H groups in total. The van der Waals surface area contributed by atoms with Gasteiger partial charge in [-0.1, -0.05) is 18.7 Å². The first-order valence-corrected chi connectivity index (χ1v) is 7.89. The molecule has 1 fully saturated rings. The van der Waals surface area contributed by atoms with Crippen molar-refractivity contribution >= 4 is 12.0 Å². The number of rotatable bonds is 7. The lowest BCUT2D eigenvalue weighted by atomic mass is 10.2. The fourth-order valence-corrected chi connectivity index (χ4v) is 2.56. The van der Waals surface area contributed by atoms with Gasteiger partial charge in [0.15, 0.2) is 6.29 Å². The molecule has 128 valence electrons. The number of aromatic nitrogens is 1. The molecule has 5 nitrogen and oxygen atoms in total. The number of aliphatic hydroxyl groups is 1. The summed E-state index contributed by atoms with van der Waals surface area (Å²) < 4.78 is 13.7. The van der Waals surface area contributed by atoms with Crippen molar-refractivity contribution in [2.24, 2.45) is 0 Å². The molecule has 0 aromatic carbocycles. The fourth-order valence-electron chi connectivity index (χ4n) is 2.56. The second kappa shape index (κ2) is 8.98. The average Bonchev–Trinajstić information content (AvgIpc) is 2.62. The van der Waals surface area contributed by atoms with E-state index in [2.05, 4.69) is 16.5 Å². The molecule has 0 aliphatic carbocycles. The Kier molecular flexibility index (Phi) is 6.69. The van der Waals surface area contributed by atoms with Crippen LogP contribution in [0, 0.1) is 0 Å². The third-order valence-electron chi connectivity index (χ3n) is 3.84. The van der Waals surface area contributed by atoms with Gasteiger partial charge in [-0.2, -0.15) is 0 Å². The van der Waals surface area contributed by atoms with Crippen molar-refractivity contribution in [3.8, 4) is 0 Å². The maximum atomic E-state index is 13.7. The average molecular weight is 331 g/mol. The Morgan fingerprint density at radius 1 is 1.33 bits per heavy atom. The topological polar surface area (TPSA) is 56.7 Å². The number of aliphatic hydroxyl groups excluding tert-OH is 1. The van der Waals surface area contributed by atoms with Crippen LogP contribution < -0.4 is 4.90 Å². The Bertz CT molecular complexity index is 618. The number of aldehydes is 1. The molecule has 1 saturated heterocycles. The van der Waals surface area contributed by atoms with Crippen molar-refractivity contribution in [3.05, 3.63) is 60.4 Å². The maximum absolute atomic E-state index is 13.7. The summed E-state index contributed by atoms with van der Waals surface area (Å²) in [4.78, 5) is 18.8. The Hall–Kier alpha value is -2.47. The van der Waals surface area contributed by atoms with Crippen molar-refractivity contribution < 1.29 is 14.3 Å². The number of pyridine rings is 1. The zero-order chi connectivity index (χ0) is 17.4. The van der Waals surface area contributed by atoms with E-state index in [1.807, 2.05) is 11.0 Å². The molecule has 1 aliphatic rings. The predicted molar refractivity (Wildman–Crippen MR) is 92.6 cm³/mol. The largest absolute Gasteiger partial charge is 0.396 e. The summed E-state index contributed by atoms with van der Waals surface area (Å²) in [5, 5.41) is 8.76. The van der Waals surface area contributed by atoms with E-state index in [4.69, 9.17) is 5.11 Å². The van der Waals surface area contributed by atoms with Gasteiger partial charge in [0.25, 0.3) is 0 Å². The second-order valence-electron chi connectivity index (χ2n) is 5.43. The summed E-state index contributed by atoms with van der Waals surface area (Å²) in [5.41, 5.74) is 1.83. The Morgan fingerprint density at radius 3 is 2.62 bits per heavy atom. The first-order valence-electron chi connectivity index (χ1n) is 7.89. The van der Waals surface area contributed by atoms with Gasteiger partial charge in [0.1, 0.15) is 11.5 Å². The normalized spacial score (nSPS) is 15.8. The van der Waals surface area contributed by atoms with Gasteiger partial charge in [0.05, 0.1) is 17.6 Å². The molecule has 1 aromatic rings. The van der Waals surface area contributed by atoms with Crippen LogP contribution >= 0.6 is 0 Å². The number of nitrogens with zero attached hydrogens (tertiary/aromatic N) is 3. The molecule has 0 radical (unpaired) electrons. The first-order chi connectivity index (χ1) is 11.7. The molecule has 0 saturated carbocycles. The van der Waals surface area contributed by atoms with Gasteiger partial charge in [-0.15, -0.1) is 0 Å². The summed E-state index contributed by atoms with van der Waals surface area (Å²) in [6, 6.07) is 3.56. The fraction of sp³-hybridized carbons (Fsp3) is 0.333. The Morgan fingerprint density at radius 2 is 2.08 bits per heavy atom. The molecule has 0 atom stereocenters. The number of hydrogen-bond acceptors (Lipinski definition) is 5. The van der Waals surface area contributed by atoms with Gasteiger partial charge >= 0.3 is 0 Å². The highest BCUT2D eigenvalue weighted by Gasteiger charge is 2.20. The zero-order valence-electron chi connectivity index (χ0n) is 13.6. The lowest BCUT2D eigenvalue weighted by Crippen LogP contribution is -2.46. The summed E-state index contributed by atoms with van der Waals surface area (Å²) in [5.74, 6) is -0.464. The van der Waals surface area contributed by atoms with Crippen molar-refractivity contribution in [2.75, 3.05) is 37.7 Å². The van der Waals surface area contributed by atoms with Crippen LogP contribution in [0.2, 0.25) is 0 Å². The van der Waals surface area contributed by atoms with E-state index in [0.29, 0.717) is 30.9 Å². The second-order valence-corrected chi connectivity index (χ2v) is 5.43. The van der Waals surface area contributed by atoms with Crippen LogP contribution in [0.3, 0.4) is 0 Å². The molecule has 1 aliphatic heterocycles. The number of allylic oxidation sites excluding steroid dienone is 3. The van der Waals surface area contributed by atoms with Crippen LogP contribution in [0.15, 0.2) is 54.7 Å². The number of carbonyl (C=O) groups excluding carboxylic acids is 1. The van der Waals surface area contributed by atoms with Crippen molar-refractivity contribution in [1.29, 1.82) is 0 Å². The van der Waals surface area contributed by atoms with Crippen molar-refractivity contribution in [2.45, 2.75) is 6.42 Å². The van der Waals surface area contributed by atoms with Crippen LogP contribution in [0.1, 0.15) is 16.9 Å². The van der Waals surface area contributed by atoms with E-state index in [1.165, 1.54) is 0 Å². The van der Waals surface area contributed by atoms with E-state index in [-0.39, 0.29) is 6.61 Å². The van der Waals surface area contributed by atoms with Gasteiger partial charge in [-0.3, -0.25) is 9.78 Å². The van der Waals surface area contributed by atoms with Gasteiger partial charge in [0, 0.05) is 32.8 Å². The van der Waals surface area contributed by atoms with Crippen molar-refractivity contribution in [3.63, 3.8) is 0 Å². The van der Waals surface area contributed by atoms with Crippen LogP contribution in [0.25, 0.3) is 0 Å². The highest BCUT2D eigenvalue weighted by molar-refractivity contribution is 5.72. The quantitative estimate of drug-likeness (QED) is 0.614. The molecular formula is C18H22FN3O2. The highest BCUT2D eigenvalue weighted by Crippen LogP contribution is 2.21. The molecule has 6 heteroatoms. The first kappa shape index (κ1) is 17.9. The van der Waals surface area contributed by atoms with Gasteiger partial charge in [-0.05, 0) is 24.6 Å². The molecule has 24 heavy (non-hydrogen) atoms. The highest BCUT2D eigenvalue weighted by atomic mass is 19.1. The molecule has 0 spiro atoms. The molecule has 2 rings (SSSR count). The smallest absolute Gasteiger partial charge is 0.168 e. The summed E-state index contributed by atoms with van der Waals surface area (Å²) in [6.45, 7) is 6.27. The lowest BCUT2D eigenvalue weighted by Gasteiger charge is -2.37. The molecule has 0 unspecified atom stereocenters. The molecule has 2 heterocycles. The summed E-state index contributed by atoms with van der Waals surface area (Å²) >= 11 is 0. The maximum Gasteiger partial charge on any atom is 0.168 e. The molecule has 1 aromatic heterocycles. The SMILES string of the molecule is C=C(F)/C(=C\C=C/CCO)N1CCN(c2ccc(C=O)nc2)CC1. The van der Waals surface area contributed by atoms with E-state index in [1.54, 1.807) is 30.5 Å². The van der Waals surface area contributed by atoms with Crippen LogP contribution in [0.4, 0.5) is 10.1 Å². The van der Waals surface area contributed by atoms with E-state index >= 15 is 0 Å². The minimum atomic E-state index is -0.464. The molecule has 0 bridgehead atoms. The van der Waals surface area contributed by atoms with Gasteiger partial charge in [0.2, 0.25) is 0 Å². The van der Waals surface area contributed by atoms with Crippen molar-refractivity contribution in [1.82, 2.24) is 9.88 Å². The monoisotopic (exact) mass is 331 g/mol. The number of halogens is 1. The zero-order valence-corrected chi connectivity index (χ0v) is 13.6. The third kappa shape index (κ3) is 4.76. The van der Waals surface area contributed by atoms with Crippen LogP contribution in [-0.2, 0) is 0 Å². The van der Waals surface area contributed by atoms with Crippen LogP contribution in [-0.4, -0.2) is 54.1 Å². The number of anilines is 1. The molecule has 0 amide bonds. The standard InChI is InChI=1S/C18H22FN3O2/c1-15(19)18(5-3-2-4-12-23)22-10-8-21(9-11-22)17-7-6-16(14-24)20-13-17/h2-3,5-7,13-14,23H,1,4,8-12H2/b3-2-,18-5+. The molecular weight excluding hydrogens is 309 g/mol. The summed E-state index contributed by atoms with van der Waals surface area (Å²) in [7, 11) is 0. The van der Waals surface area contributed by atoms with Gasteiger partial charge in [-0.25, -0.2) is 4.39 Å². The van der Waals surface area contributed by atoms with E-state index in [9.17, 15) is 9.18 Å². The van der Waals surface area contributed by atoms with Gasteiger partial charge < -0.3 is 14.9 Å². The Balaban J connectivity index is 1.98. The Labute approximate surface area is 141 Å². The minimum Gasteiger partial charge on any atom is -0.396 e. The number of piperazine rings is 1. The van der Waals surface area contributed by atoms with E-state index < -0.39 is 5.83 Å². The number of carbonyl (C=O) groups is 1.